The molecule has 20 heavy (non-hydrogen) atoms. The summed E-state index contributed by atoms with van der Waals surface area (Å²) in [5.41, 5.74) is 0.820. The van der Waals surface area contributed by atoms with Gasteiger partial charge in [-0.1, -0.05) is 35.5 Å². The zero-order chi connectivity index (χ0) is 14.8. The fourth-order valence-corrected chi connectivity index (χ4v) is 2.22. The number of oxime groups is 1. The van der Waals surface area contributed by atoms with Gasteiger partial charge in [0, 0.05) is 20.0 Å². The van der Waals surface area contributed by atoms with Crippen LogP contribution in [0, 0.1) is 0 Å². The van der Waals surface area contributed by atoms with E-state index in [9.17, 15) is 9.90 Å². The Morgan fingerprint density at radius 2 is 2.10 bits per heavy atom. The largest absolute Gasteiger partial charge is 0.389 e. The molecule has 1 aromatic rings. The Bertz CT molecular complexity index is 506. The molecule has 5 nitrogen and oxygen atoms in total. The number of carbonyl (C=O) groups excluding carboxylic acids is 1. The molecule has 1 unspecified atom stereocenters. The average molecular weight is 276 g/mol. The number of amides is 1. The molecule has 0 fully saturated rings. The van der Waals surface area contributed by atoms with Gasteiger partial charge in [-0.3, -0.25) is 4.79 Å². The zero-order valence-electron chi connectivity index (χ0n) is 12.0. The smallest absolute Gasteiger partial charge is 0.266 e. The summed E-state index contributed by atoms with van der Waals surface area (Å²) in [6, 6.07) is 9.66. The van der Waals surface area contributed by atoms with Crippen LogP contribution in [-0.2, 0) is 9.63 Å². The van der Waals surface area contributed by atoms with E-state index >= 15 is 0 Å². The lowest BCUT2D eigenvalue weighted by molar-refractivity contribution is -0.143. The van der Waals surface area contributed by atoms with Gasteiger partial charge in [0.25, 0.3) is 5.91 Å². The van der Waals surface area contributed by atoms with Gasteiger partial charge in [-0.2, -0.15) is 0 Å². The molecule has 5 heteroatoms. The van der Waals surface area contributed by atoms with E-state index in [4.69, 9.17) is 4.84 Å². The maximum Gasteiger partial charge on any atom is 0.266 e. The Morgan fingerprint density at radius 1 is 1.45 bits per heavy atom. The fourth-order valence-electron chi connectivity index (χ4n) is 2.22. The lowest BCUT2D eigenvalue weighted by Gasteiger charge is -2.26. The van der Waals surface area contributed by atoms with Crippen molar-refractivity contribution < 1.29 is 14.7 Å². The minimum Gasteiger partial charge on any atom is -0.389 e. The molecule has 1 N–H and O–H groups in total. The Hall–Kier alpha value is -1.88. The van der Waals surface area contributed by atoms with Gasteiger partial charge in [0.2, 0.25) is 6.10 Å². The second kappa shape index (κ2) is 5.63. The van der Waals surface area contributed by atoms with Crippen molar-refractivity contribution in [2.24, 2.45) is 5.16 Å². The molecule has 108 valence electrons. The maximum absolute atomic E-state index is 12.2. The van der Waals surface area contributed by atoms with Crippen molar-refractivity contribution in [3.05, 3.63) is 35.9 Å². The summed E-state index contributed by atoms with van der Waals surface area (Å²) < 4.78 is 0. The predicted octanol–water partition coefficient (Wildman–Crippen LogP) is 1.41. The van der Waals surface area contributed by atoms with Crippen molar-refractivity contribution in [1.82, 2.24) is 4.90 Å². The molecule has 1 aromatic carbocycles. The van der Waals surface area contributed by atoms with Crippen molar-refractivity contribution in [3.63, 3.8) is 0 Å². The summed E-state index contributed by atoms with van der Waals surface area (Å²) in [6.45, 7) is 3.59. The van der Waals surface area contributed by atoms with E-state index in [0.29, 0.717) is 6.42 Å². The molecule has 2 rings (SSSR count). The van der Waals surface area contributed by atoms with E-state index in [2.05, 4.69) is 5.16 Å². The van der Waals surface area contributed by atoms with E-state index in [1.807, 2.05) is 30.3 Å². The molecule has 1 amide bonds. The van der Waals surface area contributed by atoms with E-state index in [0.717, 1.165) is 11.3 Å². The molecule has 1 atom stereocenters. The van der Waals surface area contributed by atoms with Gasteiger partial charge in [-0.15, -0.1) is 0 Å². The van der Waals surface area contributed by atoms with Gasteiger partial charge in [0.15, 0.2) is 0 Å². The highest BCUT2D eigenvalue weighted by molar-refractivity contribution is 6.04. The lowest BCUT2D eigenvalue weighted by atomic mass is 10.0. The summed E-state index contributed by atoms with van der Waals surface area (Å²) in [5.74, 6) is -0.165. The van der Waals surface area contributed by atoms with Crippen LogP contribution in [0.3, 0.4) is 0 Å². The van der Waals surface area contributed by atoms with Crippen LogP contribution in [-0.4, -0.2) is 46.9 Å². The summed E-state index contributed by atoms with van der Waals surface area (Å²) in [4.78, 5) is 18.9. The van der Waals surface area contributed by atoms with Crippen molar-refractivity contribution in [2.45, 2.75) is 32.0 Å². The van der Waals surface area contributed by atoms with Crippen LogP contribution in [0.2, 0.25) is 0 Å². The molecule has 0 saturated heterocycles. The molecule has 0 radical (unpaired) electrons. The second-order valence-corrected chi connectivity index (χ2v) is 5.71. The Balaban J connectivity index is 1.96. The van der Waals surface area contributed by atoms with Crippen molar-refractivity contribution in [2.75, 3.05) is 13.6 Å². The first-order chi connectivity index (χ1) is 9.37. The molecule has 1 heterocycles. The Kier molecular flexibility index (Phi) is 4.09. The lowest BCUT2D eigenvalue weighted by Crippen LogP contribution is -2.44. The van der Waals surface area contributed by atoms with E-state index in [1.165, 1.54) is 4.90 Å². The quantitative estimate of drug-likeness (QED) is 0.904. The summed E-state index contributed by atoms with van der Waals surface area (Å²) >= 11 is 0. The predicted molar refractivity (Wildman–Crippen MR) is 76.4 cm³/mol. The van der Waals surface area contributed by atoms with Gasteiger partial charge in [-0.25, -0.2) is 0 Å². The van der Waals surface area contributed by atoms with Crippen LogP contribution in [0.25, 0.3) is 0 Å². The number of hydrogen-bond donors (Lipinski definition) is 1. The molecule has 1 aliphatic heterocycles. The first-order valence-corrected chi connectivity index (χ1v) is 6.62. The van der Waals surface area contributed by atoms with Crippen LogP contribution in [0.1, 0.15) is 25.8 Å². The first kappa shape index (κ1) is 14.5. The second-order valence-electron chi connectivity index (χ2n) is 5.71. The highest BCUT2D eigenvalue weighted by Crippen LogP contribution is 2.18. The van der Waals surface area contributed by atoms with Crippen LogP contribution in [0.4, 0.5) is 0 Å². The Labute approximate surface area is 118 Å². The number of benzene rings is 1. The van der Waals surface area contributed by atoms with Gasteiger partial charge in [0.1, 0.15) is 0 Å². The molecular weight excluding hydrogens is 256 g/mol. The van der Waals surface area contributed by atoms with Crippen LogP contribution in [0.5, 0.6) is 0 Å². The molecule has 0 spiro atoms. The van der Waals surface area contributed by atoms with Gasteiger partial charge < -0.3 is 14.8 Å². The highest BCUT2D eigenvalue weighted by Gasteiger charge is 2.32. The minimum atomic E-state index is -0.924. The minimum absolute atomic E-state index is 0.165. The van der Waals surface area contributed by atoms with Crippen molar-refractivity contribution in [1.29, 1.82) is 0 Å². The molecule has 0 saturated carbocycles. The highest BCUT2D eigenvalue weighted by atomic mass is 16.6. The van der Waals surface area contributed by atoms with Crippen molar-refractivity contribution >= 4 is 11.6 Å². The SMILES string of the molecule is CN(CC(C)(C)O)C(=O)C1CC(c2ccccc2)=NO1. The van der Waals surface area contributed by atoms with E-state index < -0.39 is 11.7 Å². The molecule has 0 bridgehead atoms. The third-order valence-electron chi connectivity index (χ3n) is 3.05. The third kappa shape index (κ3) is 3.57. The van der Waals surface area contributed by atoms with E-state index in [1.54, 1.807) is 20.9 Å². The van der Waals surface area contributed by atoms with Crippen LogP contribution >= 0.6 is 0 Å². The van der Waals surface area contributed by atoms with Gasteiger partial charge >= 0.3 is 0 Å². The normalized spacial score (nSPS) is 18.4. The summed E-state index contributed by atoms with van der Waals surface area (Å²) in [7, 11) is 1.66. The molecule has 1 aliphatic rings. The monoisotopic (exact) mass is 276 g/mol. The number of carbonyl (C=O) groups is 1. The Morgan fingerprint density at radius 3 is 2.70 bits per heavy atom. The molecular formula is C15H20N2O3. The first-order valence-electron chi connectivity index (χ1n) is 6.62. The molecule has 0 aliphatic carbocycles. The zero-order valence-corrected chi connectivity index (χ0v) is 12.0. The standard InChI is InChI=1S/C15H20N2O3/c1-15(2,19)10-17(3)14(18)13-9-12(16-20-13)11-7-5-4-6-8-11/h4-8,13,19H,9-10H2,1-3H3. The number of rotatable bonds is 4. The number of aliphatic hydroxyl groups is 1. The topological polar surface area (TPSA) is 62.1 Å². The number of likely N-dealkylation sites (N-methyl/N-ethyl adjacent to an activating group) is 1. The van der Waals surface area contributed by atoms with Gasteiger partial charge in [0.05, 0.1) is 11.3 Å². The van der Waals surface area contributed by atoms with Gasteiger partial charge in [-0.05, 0) is 19.4 Å². The van der Waals surface area contributed by atoms with Crippen LogP contribution in [0.15, 0.2) is 35.5 Å². The van der Waals surface area contributed by atoms with E-state index in [-0.39, 0.29) is 12.5 Å². The third-order valence-corrected chi connectivity index (χ3v) is 3.05. The molecule has 0 aromatic heterocycles. The number of hydrogen-bond acceptors (Lipinski definition) is 4. The fraction of sp³-hybridized carbons (Fsp3) is 0.467. The summed E-state index contributed by atoms with van der Waals surface area (Å²) in [6.07, 6.45) is -0.142. The van der Waals surface area contributed by atoms with Crippen LogP contribution < -0.4 is 0 Å². The summed E-state index contributed by atoms with van der Waals surface area (Å²) in [5, 5.41) is 13.7. The van der Waals surface area contributed by atoms with Crippen molar-refractivity contribution in [3.8, 4) is 0 Å². The maximum atomic E-state index is 12.2. The number of nitrogens with zero attached hydrogens (tertiary/aromatic N) is 2. The average Bonchev–Trinajstić information content (AvgIpc) is 2.86.